The molecule has 0 spiro atoms. The topological polar surface area (TPSA) is 66.6 Å². The maximum Gasteiger partial charge on any atom is 0.417 e. The van der Waals surface area contributed by atoms with Crippen molar-refractivity contribution >= 4 is 28.8 Å². The molecule has 2 heterocycles. The van der Waals surface area contributed by atoms with Gasteiger partial charge in [0.05, 0.1) is 16.8 Å². The van der Waals surface area contributed by atoms with Gasteiger partial charge < -0.3 is 15.5 Å². The fraction of sp³-hybridized carbons (Fsp3) is 0.360. The van der Waals surface area contributed by atoms with Crippen LogP contribution in [-0.4, -0.2) is 37.4 Å². The average molecular weight is 493 g/mol. The van der Waals surface area contributed by atoms with Gasteiger partial charge in [-0.05, 0) is 36.6 Å². The van der Waals surface area contributed by atoms with Crippen LogP contribution in [0.1, 0.15) is 41.3 Å². The maximum atomic E-state index is 14.9. The lowest BCUT2D eigenvalue weighted by Gasteiger charge is -2.26. The highest BCUT2D eigenvalue weighted by Gasteiger charge is 2.43. The number of alkyl halides is 5. The number of para-hydroxylation sites is 1. The number of nitrogens with zero attached hydrogens (tertiary/aromatic N) is 2. The van der Waals surface area contributed by atoms with Gasteiger partial charge >= 0.3 is 6.18 Å². The van der Waals surface area contributed by atoms with E-state index < -0.39 is 53.6 Å². The summed E-state index contributed by atoms with van der Waals surface area (Å²) in [7, 11) is 0. The van der Waals surface area contributed by atoms with E-state index in [2.05, 4.69) is 0 Å². The molecule has 2 N–H and O–H groups in total. The third-order valence-electron chi connectivity index (χ3n) is 6.39. The summed E-state index contributed by atoms with van der Waals surface area (Å²) in [5, 5.41) is 0. The number of hydrogen-bond donors (Lipinski definition) is 1. The first-order valence-electron chi connectivity index (χ1n) is 11.2. The van der Waals surface area contributed by atoms with Crippen LogP contribution in [0, 0.1) is 5.92 Å². The highest BCUT2D eigenvalue weighted by Crippen LogP contribution is 2.44. The molecule has 2 aromatic rings. The largest absolute Gasteiger partial charge is 0.417 e. The Hall–Kier alpha value is -3.43. The summed E-state index contributed by atoms with van der Waals surface area (Å²) < 4.78 is 72.0. The normalized spacial score (nSPS) is 21.1. The summed E-state index contributed by atoms with van der Waals surface area (Å²) in [6, 6.07) is 9.06. The van der Waals surface area contributed by atoms with Gasteiger partial charge in [0.2, 0.25) is 5.91 Å². The zero-order chi connectivity index (χ0) is 25.5. The zero-order valence-corrected chi connectivity index (χ0v) is 18.9. The number of fused-ring (bicyclic) bond motifs is 1. The van der Waals surface area contributed by atoms with Gasteiger partial charge in [-0.1, -0.05) is 25.1 Å². The fourth-order valence-electron chi connectivity index (χ4n) is 4.64. The number of hydrogen-bond acceptors (Lipinski definition) is 3. The van der Waals surface area contributed by atoms with Gasteiger partial charge in [-0.15, -0.1) is 0 Å². The van der Waals surface area contributed by atoms with Gasteiger partial charge in [0, 0.05) is 49.0 Å². The van der Waals surface area contributed by atoms with Crippen molar-refractivity contribution in [2.24, 2.45) is 11.7 Å². The van der Waals surface area contributed by atoms with Crippen LogP contribution in [0.25, 0.3) is 5.57 Å². The van der Waals surface area contributed by atoms with Gasteiger partial charge in [-0.3, -0.25) is 9.59 Å². The second-order valence-electron chi connectivity index (χ2n) is 8.96. The lowest BCUT2D eigenvalue weighted by atomic mass is 9.97. The number of allylic oxidation sites excluding steroid dienone is 1. The molecule has 2 aliphatic heterocycles. The summed E-state index contributed by atoms with van der Waals surface area (Å²) in [5.74, 6) is -5.34. The highest BCUT2D eigenvalue weighted by atomic mass is 19.4. The molecule has 2 aliphatic rings. The van der Waals surface area contributed by atoms with Gasteiger partial charge in [-0.2, -0.15) is 13.2 Å². The summed E-state index contributed by atoms with van der Waals surface area (Å²) in [4.78, 5) is 27.6. The van der Waals surface area contributed by atoms with Crippen molar-refractivity contribution in [3.63, 3.8) is 0 Å². The molecule has 1 fully saturated rings. The molecule has 0 saturated carbocycles. The number of carbonyl (C=O) groups is 2. The number of halogens is 5. The van der Waals surface area contributed by atoms with E-state index in [-0.39, 0.29) is 11.3 Å². The van der Waals surface area contributed by atoms with E-state index in [0.29, 0.717) is 30.8 Å². The SMILES string of the molecule is C[C@@H]1CCN(c2ccc(C(=O)N3CCC(F)(F)/C(=C\C(N)=O)c4ccccc43)c(C(F)(F)F)c2)C1. The summed E-state index contributed by atoms with van der Waals surface area (Å²) in [6.07, 6.45) is -4.28. The molecule has 0 radical (unpaired) electrons. The van der Waals surface area contributed by atoms with Crippen LogP contribution in [0.5, 0.6) is 0 Å². The molecule has 1 saturated heterocycles. The van der Waals surface area contributed by atoms with Crippen molar-refractivity contribution in [1.82, 2.24) is 0 Å². The third kappa shape index (κ3) is 4.87. The molecule has 1 atom stereocenters. The molecule has 10 heteroatoms. The van der Waals surface area contributed by atoms with E-state index in [1.54, 1.807) is 0 Å². The number of rotatable bonds is 3. The Morgan fingerprint density at radius 3 is 2.46 bits per heavy atom. The monoisotopic (exact) mass is 493 g/mol. The van der Waals surface area contributed by atoms with Crippen LogP contribution in [0.2, 0.25) is 0 Å². The van der Waals surface area contributed by atoms with E-state index in [4.69, 9.17) is 5.73 Å². The van der Waals surface area contributed by atoms with Crippen molar-refractivity contribution < 1.29 is 31.5 Å². The lowest BCUT2D eigenvalue weighted by Crippen LogP contribution is -2.34. The Morgan fingerprint density at radius 2 is 1.83 bits per heavy atom. The predicted octanol–water partition coefficient (Wildman–Crippen LogP) is 5.11. The second kappa shape index (κ2) is 8.98. The van der Waals surface area contributed by atoms with E-state index >= 15 is 0 Å². The van der Waals surface area contributed by atoms with E-state index in [1.165, 1.54) is 30.3 Å². The Bertz CT molecular complexity index is 1190. The van der Waals surface area contributed by atoms with E-state index in [1.807, 2.05) is 11.8 Å². The first-order chi connectivity index (χ1) is 16.4. The quantitative estimate of drug-likeness (QED) is 0.478. The molecule has 2 aromatic carbocycles. The average Bonchev–Trinajstić information content (AvgIpc) is 3.18. The maximum absolute atomic E-state index is 14.9. The van der Waals surface area contributed by atoms with Crippen LogP contribution >= 0.6 is 0 Å². The Labute approximate surface area is 199 Å². The van der Waals surface area contributed by atoms with Gasteiger partial charge in [0.15, 0.2) is 0 Å². The van der Waals surface area contributed by atoms with Crippen LogP contribution < -0.4 is 15.5 Å². The highest BCUT2D eigenvalue weighted by molar-refractivity contribution is 6.10. The number of carbonyl (C=O) groups excluding carboxylic acids is 2. The molecular formula is C25H24F5N3O2. The van der Waals surface area contributed by atoms with Gasteiger partial charge in [0.1, 0.15) is 0 Å². The molecule has 5 nitrogen and oxygen atoms in total. The molecule has 0 aliphatic carbocycles. The first-order valence-corrected chi connectivity index (χ1v) is 11.2. The van der Waals surface area contributed by atoms with Gasteiger partial charge in [0.25, 0.3) is 11.8 Å². The van der Waals surface area contributed by atoms with Crippen LogP contribution in [0.3, 0.4) is 0 Å². The standard InChI is InChI=1S/C25H24F5N3O2/c1-15-8-10-32(14-15)16-6-7-18(20(12-16)25(28,29)30)23(35)33-11-9-24(26,27)19(13-22(31)34)17-4-2-3-5-21(17)33/h2-7,12-13,15H,8-11,14H2,1H3,(H2,31,34)/b19-13-/t15-/m1/s1. The molecule has 35 heavy (non-hydrogen) atoms. The molecule has 186 valence electrons. The van der Waals surface area contributed by atoms with Crippen molar-refractivity contribution in [3.05, 3.63) is 65.2 Å². The summed E-state index contributed by atoms with van der Waals surface area (Å²) in [6.45, 7) is 2.67. The Kier molecular flexibility index (Phi) is 6.33. The molecule has 0 aromatic heterocycles. The van der Waals surface area contributed by atoms with E-state index in [0.717, 1.165) is 23.5 Å². The smallest absolute Gasteiger partial charge is 0.371 e. The van der Waals surface area contributed by atoms with Crippen molar-refractivity contribution in [2.75, 3.05) is 29.4 Å². The minimum absolute atomic E-state index is 0.0206. The van der Waals surface area contributed by atoms with Crippen molar-refractivity contribution in [3.8, 4) is 0 Å². The second-order valence-corrected chi connectivity index (χ2v) is 8.96. The van der Waals surface area contributed by atoms with Gasteiger partial charge in [-0.25, -0.2) is 8.78 Å². The predicted molar refractivity (Wildman–Crippen MR) is 122 cm³/mol. The lowest BCUT2D eigenvalue weighted by molar-refractivity contribution is -0.137. The molecule has 0 unspecified atom stereocenters. The number of primary amides is 1. The summed E-state index contributed by atoms with van der Waals surface area (Å²) in [5.41, 5.74) is 2.89. The minimum Gasteiger partial charge on any atom is -0.371 e. The van der Waals surface area contributed by atoms with Crippen LogP contribution in [0.4, 0.5) is 33.3 Å². The number of anilines is 2. The minimum atomic E-state index is -4.83. The van der Waals surface area contributed by atoms with Crippen molar-refractivity contribution in [1.29, 1.82) is 0 Å². The third-order valence-corrected chi connectivity index (χ3v) is 6.39. The fourth-order valence-corrected chi connectivity index (χ4v) is 4.64. The number of nitrogens with two attached hydrogens (primary N) is 1. The Morgan fingerprint density at radius 1 is 1.11 bits per heavy atom. The van der Waals surface area contributed by atoms with Crippen LogP contribution in [-0.2, 0) is 11.0 Å². The first kappa shape index (κ1) is 24.7. The zero-order valence-electron chi connectivity index (χ0n) is 18.9. The summed E-state index contributed by atoms with van der Waals surface area (Å²) >= 11 is 0. The van der Waals surface area contributed by atoms with Crippen LogP contribution in [0.15, 0.2) is 48.5 Å². The van der Waals surface area contributed by atoms with Crippen molar-refractivity contribution in [2.45, 2.75) is 31.9 Å². The molecule has 0 bridgehead atoms. The molecule has 4 rings (SSSR count). The molecular weight excluding hydrogens is 469 g/mol. The Balaban J connectivity index is 1.80. The molecule has 2 amide bonds. The number of benzene rings is 2. The van der Waals surface area contributed by atoms with E-state index in [9.17, 15) is 31.5 Å². The number of amides is 2.